The van der Waals surface area contributed by atoms with Crippen LogP contribution in [0.15, 0.2) is 12.1 Å². The highest BCUT2D eigenvalue weighted by molar-refractivity contribution is 5.85. The Hall–Kier alpha value is -1.21. The zero-order valence-electron chi connectivity index (χ0n) is 11.7. The lowest BCUT2D eigenvalue weighted by Crippen LogP contribution is -2.15. The molecular weight excluding hydrogens is 317 g/mol. The normalized spacial score (nSPS) is 12.7. The topological polar surface area (TPSA) is 71.5 Å². The van der Waals surface area contributed by atoms with Crippen LogP contribution in [0.25, 0.3) is 11.0 Å². The molecule has 0 spiro atoms. The first-order valence-electron chi connectivity index (χ1n) is 6.31. The molecule has 2 aromatic rings. The van der Waals surface area contributed by atoms with E-state index in [4.69, 9.17) is 19.9 Å². The molecule has 21 heavy (non-hydrogen) atoms. The van der Waals surface area contributed by atoms with E-state index in [2.05, 4.69) is 9.55 Å². The van der Waals surface area contributed by atoms with E-state index in [0.29, 0.717) is 26.4 Å². The minimum absolute atomic E-state index is 0. The molecule has 2 heterocycles. The summed E-state index contributed by atoms with van der Waals surface area (Å²) in [6, 6.07) is 3.87. The lowest BCUT2D eigenvalue weighted by molar-refractivity contribution is 0.172. The summed E-state index contributed by atoms with van der Waals surface area (Å²) in [7, 11) is 1.68. The molecule has 6 nitrogen and oxygen atoms in total. The van der Waals surface area contributed by atoms with Crippen LogP contribution in [0, 0.1) is 0 Å². The van der Waals surface area contributed by atoms with Crippen molar-refractivity contribution in [2.24, 2.45) is 5.73 Å². The molecule has 0 aliphatic carbocycles. The van der Waals surface area contributed by atoms with E-state index in [1.54, 1.807) is 7.11 Å². The first-order chi connectivity index (χ1) is 9.33. The molecule has 8 heteroatoms. The van der Waals surface area contributed by atoms with E-state index in [1.165, 1.54) is 0 Å². The predicted molar refractivity (Wildman–Crippen MR) is 85.0 cm³/mol. The standard InChI is InChI=1S/C13H17N3O3.2ClH/c1-17-3-2-16-10-7-12-11(18-4-5-19-12)6-9(10)15-13(16)8-14;;/h6-7H,2-5,8,14H2,1H3;2*1H. The molecular formula is C13H19Cl2N3O3. The lowest BCUT2D eigenvalue weighted by atomic mass is 10.2. The van der Waals surface area contributed by atoms with Crippen LogP contribution in [-0.4, -0.2) is 36.5 Å². The van der Waals surface area contributed by atoms with Crippen LogP contribution in [0.4, 0.5) is 0 Å². The number of fused-ring (bicyclic) bond motifs is 2. The molecule has 0 bridgehead atoms. The molecule has 0 fully saturated rings. The summed E-state index contributed by atoms with van der Waals surface area (Å²) in [6.07, 6.45) is 0. The number of ether oxygens (including phenoxy) is 3. The van der Waals surface area contributed by atoms with Gasteiger partial charge in [0.25, 0.3) is 0 Å². The number of halogens is 2. The Morgan fingerprint density at radius 3 is 2.52 bits per heavy atom. The number of methoxy groups -OCH3 is 1. The third kappa shape index (κ3) is 3.35. The SMILES string of the molecule is COCCn1c(CN)nc2cc3c(cc21)OCCO3.Cl.Cl. The van der Waals surface area contributed by atoms with Gasteiger partial charge in [0.15, 0.2) is 11.5 Å². The Morgan fingerprint density at radius 1 is 1.24 bits per heavy atom. The van der Waals surface area contributed by atoms with Gasteiger partial charge in [-0.1, -0.05) is 0 Å². The summed E-state index contributed by atoms with van der Waals surface area (Å²) < 4.78 is 18.4. The third-order valence-corrected chi connectivity index (χ3v) is 3.19. The van der Waals surface area contributed by atoms with Crippen molar-refractivity contribution in [3.8, 4) is 11.5 Å². The average molecular weight is 336 g/mol. The molecule has 1 aromatic heterocycles. The number of nitrogens with zero attached hydrogens (tertiary/aromatic N) is 2. The molecule has 0 saturated carbocycles. The second kappa shape index (κ2) is 7.70. The Kier molecular flexibility index (Phi) is 6.54. The highest BCUT2D eigenvalue weighted by Gasteiger charge is 2.17. The van der Waals surface area contributed by atoms with E-state index in [1.807, 2.05) is 12.1 Å². The molecule has 118 valence electrons. The van der Waals surface area contributed by atoms with Gasteiger partial charge in [-0.05, 0) is 0 Å². The lowest BCUT2D eigenvalue weighted by Gasteiger charge is -2.18. The first kappa shape index (κ1) is 17.8. The molecule has 0 unspecified atom stereocenters. The predicted octanol–water partition coefficient (Wildman–Crippen LogP) is 1.76. The van der Waals surface area contributed by atoms with Crippen LogP contribution in [0.1, 0.15) is 5.82 Å². The van der Waals surface area contributed by atoms with Crippen molar-refractivity contribution in [1.29, 1.82) is 0 Å². The molecule has 0 radical (unpaired) electrons. The van der Waals surface area contributed by atoms with Crippen LogP contribution in [0.3, 0.4) is 0 Å². The second-order valence-electron chi connectivity index (χ2n) is 4.36. The molecule has 0 amide bonds. The van der Waals surface area contributed by atoms with Crippen molar-refractivity contribution in [2.75, 3.05) is 26.9 Å². The summed E-state index contributed by atoms with van der Waals surface area (Å²) in [5, 5.41) is 0. The number of imidazole rings is 1. The van der Waals surface area contributed by atoms with Crippen molar-refractivity contribution in [1.82, 2.24) is 9.55 Å². The van der Waals surface area contributed by atoms with Gasteiger partial charge in [-0.3, -0.25) is 0 Å². The fourth-order valence-corrected chi connectivity index (χ4v) is 2.30. The molecule has 2 N–H and O–H groups in total. The first-order valence-corrected chi connectivity index (χ1v) is 6.31. The highest BCUT2D eigenvalue weighted by atomic mass is 35.5. The Morgan fingerprint density at radius 2 is 1.90 bits per heavy atom. The van der Waals surface area contributed by atoms with Crippen LogP contribution >= 0.6 is 24.8 Å². The summed E-state index contributed by atoms with van der Waals surface area (Å²) in [6.45, 7) is 2.89. The van der Waals surface area contributed by atoms with E-state index >= 15 is 0 Å². The summed E-state index contributed by atoms with van der Waals surface area (Å²) in [5.41, 5.74) is 7.63. The fourth-order valence-electron chi connectivity index (χ4n) is 2.30. The number of rotatable bonds is 4. The van der Waals surface area contributed by atoms with Gasteiger partial charge < -0.3 is 24.5 Å². The van der Waals surface area contributed by atoms with Crippen LogP contribution < -0.4 is 15.2 Å². The zero-order chi connectivity index (χ0) is 13.2. The Labute approximate surface area is 135 Å². The summed E-state index contributed by atoms with van der Waals surface area (Å²) in [4.78, 5) is 4.54. The zero-order valence-corrected chi connectivity index (χ0v) is 13.3. The number of benzene rings is 1. The molecule has 1 aliphatic rings. The number of aromatic nitrogens is 2. The van der Waals surface area contributed by atoms with Crippen molar-refractivity contribution in [3.63, 3.8) is 0 Å². The van der Waals surface area contributed by atoms with Crippen LogP contribution in [0.2, 0.25) is 0 Å². The average Bonchev–Trinajstić information content (AvgIpc) is 2.79. The number of nitrogens with two attached hydrogens (primary N) is 1. The minimum Gasteiger partial charge on any atom is -0.486 e. The van der Waals surface area contributed by atoms with E-state index in [9.17, 15) is 0 Å². The van der Waals surface area contributed by atoms with Crippen molar-refractivity contribution in [3.05, 3.63) is 18.0 Å². The fraction of sp³-hybridized carbons (Fsp3) is 0.462. The maximum atomic E-state index is 5.75. The van der Waals surface area contributed by atoms with Gasteiger partial charge in [0, 0.05) is 25.8 Å². The van der Waals surface area contributed by atoms with Gasteiger partial charge in [0.05, 0.1) is 24.2 Å². The van der Waals surface area contributed by atoms with Gasteiger partial charge >= 0.3 is 0 Å². The van der Waals surface area contributed by atoms with Gasteiger partial charge in [-0.2, -0.15) is 0 Å². The van der Waals surface area contributed by atoms with Gasteiger partial charge in [0.1, 0.15) is 19.0 Å². The highest BCUT2D eigenvalue weighted by Crippen LogP contribution is 2.34. The van der Waals surface area contributed by atoms with Gasteiger partial charge in [-0.25, -0.2) is 4.98 Å². The smallest absolute Gasteiger partial charge is 0.163 e. The molecule has 0 saturated heterocycles. The maximum Gasteiger partial charge on any atom is 0.163 e. The molecule has 1 aliphatic heterocycles. The monoisotopic (exact) mass is 335 g/mol. The van der Waals surface area contributed by atoms with Crippen molar-refractivity contribution >= 4 is 35.8 Å². The summed E-state index contributed by atoms with van der Waals surface area (Å²) in [5.74, 6) is 2.36. The van der Waals surface area contributed by atoms with Crippen LogP contribution in [-0.2, 0) is 17.8 Å². The van der Waals surface area contributed by atoms with E-state index in [0.717, 1.165) is 34.9 Å². The van der Waals surface area contributed by atoms with Gasteiger partial charge in [-0.15, -0.1) is 24.8 Å². The largest absolute Gasteiger partial charge is 0.486 e. The second-order valence-corrected chi connectivity index (χ2v) is 4.36. The van der Waals surface area contributed by atoms with Gasteiger partial charge in [0.2, 0.25) is 0 Å². The van der Waals surface area contributed by atoms with E-state index < -0.39 is 0 Å². The number of hydrogen-bond acceptors (Lipinski definition) is 5. The maximum absolute atomic E-state index is 5.75. The van der Waals surface area contributed by atoms with Crippen molar-refractivity contribution < 1.29 is 14.2 Å². The minimum atomic E-state index is 0. The molecule has 0 atom stereocenters. The van der Waals surface area contributed by atoms with Crippen molar-refractivity contribution in [2.45, 2.75) is 13.1 Å². The molecule has 3 rings (SSSR count). The molecule has 1 aromatic carbocycles. The Bertz CT molecular complexity index is 604. The van der Waals surface area contributed by atoms with Crippen LogP contribution in [0.5, 0.6) is 11.5 Å². The van der Waals surface area contributed by atoms with E-state index in [-0.39, 0.29) is 24.8 Å². The number of hydrogen-bond donors (Lipinski definition) is 1. The third-order valence-electron chi connectivity index (χ3n) is 3.19. The summed E-state index contributed by atoms with van der Waals surface area (Å²) >= 11 is 0. The quantitative estimate of drug-likeness (QED) is 0.921. The Balaban J connectivity index is 0.00000110.